The monoisotopic (exact) mass is 489 g/mol. The first-order valence-electron chi connectivity index (χ1n) is 10.4. The third-order valence-electron chi connectivity index (χ3n) is 5.66. The average Bonchev–Trinajstić information content (AvgIpc) is 3.20. The maximum absolute atomic E-state index is 14.0. The number of rotatable bonds is 4. The molecule has 5 aromatic rings. The van der Waals surface area contributed by atoms with Gasteiger partial charge in [-0.1, -0.05) is 71.5 Å². The molecule has 0 bridgehead atoms. The van der Waals surface area contributed by atoms with Crippen LogP contribution in [0, 0.1) is 13.8 Å². The van der Waals surface area contributed by atoms with Crippen molar-refractivity contribution in [3.05, 3.63) is 105 Å². The van der Waals surface area contributed by atoms with E-state index in [1.807, 2.05) is 6.92 Å². The summed E-state index contributed by atoms with van der Waals surface area (Å²) in [7, 11) is -4.31. The molecule has 0 aliphatic heterocycles. The van der Waals surface area contributed by atoms with Crippen molar-refractivity contribution >= 4 is 54.0 Å². The van der Waals surface area contributed by atoms with Gasteiger partial charge in [0, 0.05) is 16.3 Å². The minimum Gasteiger partial charge on any atom is -0.413 e. The normalized spacial score (nSPS) is 11.7. The van der Waals surface area contributed by atoms with Crippen LogP contribution in [-0.4, -0.2) is 14.3 Å². The average molecular weight is 490 g/mol. The molecule has 5 rings (SSSR count). The third-order valence-corrected chi connectivity index (χ3v) is 8.14. The van der Waals surface area contributed by atoms with Crippen molar-refractivity contribution in [2.75, 3.05) is 4.31 Å². The van der Waals surface area contributed by atoms with Crippen LogP contribution in [-0.2, 0) is 10.0 Å². The minimum atomic E-state index is -4.31. The Bertz CT molecular complexity index is 1730. The topological polar surface area (TPSA) is 84.7 Å². The predicted molar refractivity (Wildman–Crippen MR) is 134 cm³/mol. The molecule has 0 atom stereocenters. The van der Waals surface area contributed by atoms with E-state index < -0.39 is 20.9 Å². The maximum atomic E-state index is 14.0. The molecule has 6 nitrogen and oxygen atoms in total. The fourth-order valence-electron chi connectivity index (χ4n) is 3.93. The van der Waals surface area contributed by atoms with Crippen molar-refractivity contribution in [3.63, 3.8) is 0 Å². The Balaban J connectivity index is 1.86. The second-order valence-electron chi connectivity index (χ2n) is 7.93. The number of fused-ring (bicyclic) bond motifs is 3. The molecule has 0 saturated heterocycles. The van der Waals surface area contributed by atoms with Gasteiger partial charge in [-0.3, -0.25) is 4.79 Å². The summed E-state index contributed by atoms with van der Waals surface area (Å²) in [5, 5.41) is 1.03. The van der Waals surface area contributed by atoms with Gasteiger partial charge >= 0.3 is 4.94 Å². The summed E-state index contributed by atoms with van der Waals surface area (Å²) in [6, 6.07) is 21.7. The number of benzene rings is 4. The summed E-state index contributed by atoms with van der Waals surface area (Å²) in [4.78, 5) is 25.4. The zero-order valence-electron chi connectivity index (χ0n) is 18.3. The molecular formula is C26H19NO5S2. The zero-order chi connectivity index (χ0) is 24.0. The van der Waals surface area contributed by atoms with E-state index in [4.69, 9.17) is 4.42 Å². The van der Waals surface area contributed by atoms with Gasteiger partial charge in [0.2, 0.25) is 0 Å². The van der Waals surface area contributed by atoms with Gasteiger partial charge in [-0.15, -0.1) is 0 Å². The second kappa shape index (κ2) is 8.23. The summed E-state index contributed by atoms with van der Waals surface area (Å²) in [5.74, 6) is -0.681. The van der Waals surface area contributed by atoms with Crippen LogP contribution >= 0.6 is 11.3 Å². The SMILES string of the molecule is Cc1ccc(S(=O)(=O)N(C(=O)c2ccccc2C)c2cc3sc(=O)oc3c3ccccc23)cc1. The van der Waals surface area contributed by atoms with Gasteiger partial charge in [0.15, 0.2) is 5.58 Å². The summed E-state index contributed by atoms with van der Waals surface area (Å²) < 4.78 is 34.6. The van der Waals surface area contributed by atoms with Crippen molar-refractivity contribution in [3.8, 4) is 0 Å². The molecule has 8 heteroatoms. The van der Waals surface area contributed by atoms with Crippen molar-refractivity contribution < 1.29 is 17.6 Å². The number of anilines is 1. The Hall–Kier alpha value is -3.75. The number of aryl methyl sites for hydroxylation is 2. The predicted octanol–water partition coefficient (Wildman–Crippen LogP) is 5.66. The van der Waals surface area contributed by atoms with E-state index in [1.165, 1.54) is 18.2 Å². The molecule has 0 radical (unpaired) electrons. The smallest absolute Gasteiger partial charge is 0.396 e. The number of amides is 1. The number of carbonyl (C=O) groups is 1. The lowest BCUT2D eigenvalue weighted by Gasteiger charge is -2.25. The molecule has 1 amide bonds. The number of nitrogens with zero attached hydrogens (tertiary/aromatic N) is 1. The Labute approximate surface area is 199 Å². The number of hydrogen-bond donors (Lipinski definition) is 0. The van der Waals surface area contributed by atoms with Crippen molar-refractivity contribution in [2.24, 2.45) is 0 Å². The van der Waals surface area contributed by atoms with Crippen molar-refractivity contribution in [2.45, 2.75) is 18.7 Å². The molecule has 0 aliphatic rings. The fraction of sp³-hybridized carbons (Fsp3) is 0.0769. The number of sulfonamides is 1. The van der Waals surface area contributed by atoms with Crippen LogP contribution < -0.4 is 9.24 Å². The molecule has 1 aromatic heterocycles. The van der Waals surface area contributed by atoms with Crippen LogP contribution in [0.5, 0.6) is 0 Å². The quantitative estimate of drug-likeness (QED) is 0.325. The summed E-state index contributed by atoms with van der Waals surface area (Å²) >= 11 is 0.863. The maximum Gasteiger partial charge on any atom is 0.396 e. The van der Waals surface area contributed by atoms with Gasteiger partial charge in [0.25, 0.3) is 15.9 Å². The Morgan fingerprint density at radius 2 is 1.53 bits per heavy atom. The van der Waals surface area contributed by atoms with Crippen LogP contribution in [0.3, 0.4) is 0 Å². The highest BCUT2D eigenvalue weighted by Crippen LogP contribution is 2.38. The van der Waals surface area contributed by atoms with Crippen LogP contribution in [0.2, 0.25) is 0 Å². The fourth-order valence-corrected chi connectivity index (χ4v) is 6.07. The van der Waals surface area contributed by atoms with Gasteiger partial charge < -0.3 is 4.42 Å². The van der Waals surface area contributed by atoms with Gasteiger partial charge in [-0.05, 0) is 43.7 Å². The van der Waals surface area contributed by atoms with E-state index in [9.17, 15) is 18.0 Å². The molecule has 0 fully saturated rings. The van der Waals surface area contributed by atoms with E-state index in [1.54, 1.807) is 67.6 Å². The van der Waals surface area contributed by atoms with Crippen molar-refractivity contribution in [1.29, 1.82) is 0 Å². The lowest BCUT2D eigenvalue weighted by molar-refractivity contribution is 0.100. The van der Waals surface area contributed by atoms with E-state index >= 15 is 0 Å². The first-order chi connectivity index (χ1) is 16.3. The van der Waals surface area contributed by atoms with Gasteiger partial charge in [0.1, 0.15) is 0 Å². The van der Waals surface area contributed by atoms with Gasteiger partial charge in [-0.25, -0.2) is 13.2 Å². The Morgan fingerprint density at radius 1 is 0.882 bits per heavy atom. The van der Waals surface area contributed by atoms with E-state index in [2.05, 4.69) is 0 Å². The van der Waals surface area contributed by atoms with Crippen molar-refractivity contribution in [1.82, 2.24) is 0 Å². The summed E-state index contributed by atoms with van der Waals surface area (Å²) in [6.07, 6.45) is 0. The van der Waals surface area contributed by atoms with E-state index in [0.717, 1.165) is 21.2 Å². The number of hydrogen-bond acceptors (Lipinski definition) is 6. The molecule has 0 spiro atoms. The zero-order valence-corrected chi connectivity index (χ0v) is 19.9. The van der Waals surface area contributed by atoms with E-state index in [0.29, 0.717) is 26.6 Å². The largest absolute Gasteiger partial charge is 0.413 e. The summed E-state index contributed by atoms with van der Waals surface area (Å²) in [6.45, 7) is 3.61. The van der Waals surface area contributed by atoms with Gasteiger partial charge in [-0.2, -0.15) is 4.31 Å². The van der Waals surface area contributed by atoms with Crippen LogP contribution in [0.1, 0.15) is 21.5 Å². The number of carbonyl (C=O) groups excluding carboxylic acids is 1. The van der Waals surface area contributed by atoms with Crippen LogP contribution in [0.4, 0.5) is 5.69 Å². The molecule has 0 N–H and O–H groups in total. The molecule has 4 aromatic carbocycles. The molecule has 1 heterocycles. The summed E-state index contributed by atoms with van der Waals surface area (Å²) in [5.41, 5.74) is 2.34. The molecule has 34 heavy (non-hydrogen) atoms. The standard InChI is InChI=1S/C26H19NO5S2/c1-16-11-13-18(14-12-16)34(30,31)27(25(28)19-8-4-3-7-17(19)2)22-15-23-24(32-26(29)33-23)21-10-6-5-9-20(21)22/h3-15H,1-2H3. The molecule has 0 unspecified atom stereocenters. The molecular weight excluding hydrogens is 470 g/mol. The first kappa shape index (κ1) is 22.1. The molecule has 0 saturated carbocycles. The Kier molecular flexibility index (Phi) is 5.34. The lowest BCUT2D eigenvalue weighted by atomic mass is 10.1. The van der Waals surface area contributed by atoms with E-state index in [-0.39, 0.29) is 16.1 Å². The highest BCUT2D eigenvalue weighted by molar-refractivity contribution is 7.93. The first-order valence-corrected chi connectivity index (χ1v) is 12.7. The lowest BCUT2D eigenvalue weighted by Crippen LogP contribution is -2.37. The second-order valence-corrected chi connectivity index (χ2v) is 10.7. The highest BCUT2D eigenvalue weighted by atomic mass is 32.2. The molecule has 0 aliphatic carbocycles. The third kappa shape index (κ3) is 3.61. The Morgan fingerprint density at radius 3 is 2.24 bits per heavy atom. The minimum absolute atomic E-state index is 0.00964. The highest BCUT2D eigenvalue weighted by Gasteiger charge is 2.34. The molecule has 170 valence electrons. The van der Waals surface area contributed by atoms with Crippen LogP contribution in [0.25, 0.3) is 21.1 Å². The van der Waals surface area contributed by atoms with Crippen LogP contribution in [0.15, 0.2) is 93.0 Å². The van der Waals surface area contributed by atoms with Gasteiger partial charge in [0.05, 0.1) is 15.3 Å².